The van der Waals surface area contributed by atoms with Crippen LogP contribution in [0.2, 0.25) is 0 Å². The van der Waals surface area contributed by atoms with Gasteiger partial charge in [0, 0.05) is 0 Å². The maximum atomic E-state index is 9.35. The average molecular weight is 210 g/mol. The van der Waals surface area contributed by atoms with E-state index in [1.807, 2.05) is 19.1 Å². The molecule has 0 aliphatic heterocycles. The van der Waals surface area contributed by atoms with Gasteiger partial charge in [-0.2, -0.15) is 0 Å². The second-order valence-corrected chi connectivity index (χ2v) is 3.69. The smallest absolute Gasteiger partial charge is 0.161 e. The summed E-state index contributed by atoms with van der Waals surface area (Å²) in [6.07, 6.45) is 0.286. The van der Waals surface area contributed by atoms with Crippen molar-refractivity contribution in [3.63, 3.8) is 0 Å². The molecule has 0 bridgehead atoms. The third kappa shape index (κ3) is 2.86. The Bertz CT molecular complexity index is 332. The van der Waals surface area contributed by atoms with Gasteiger partial charge in [-0.3, -0.25) is 0 Å². The van der Waals surface area contributed by atoms with Crippen molar-refractivity contribution in [2.45, 2.75) is 26.4 Å². The van der Waals surface area contributed by atoms with Crippen molar-refractivity contribution in [3.8, 4) is 11.5 Å². The molecule has 84 valence electrons. The van der Waals surface area contributed by atoms with Gasteiger partial charge in [0.2, 0.25) is 0 Å². The van der Waals surface area contributed by atoms with Crippen LogP contribution >= 0.6 is 0 Å². The Morgan fingerprint density at radius 1 is 1.20 bits per heavy atom. The Morgan fingerprint density at radius 2 is 1.73 bits per heavy atom. The molecule has 15 heavy (non-hydrogen) atoms. The Hall–Kier alpha value is -1.22. The van der Waals surface area contributed by atoms with E-state index in [4.69, 9.17) is 9.47 Å². The Balaban J connectivity index is 3.08. The van der Waals surface area contributed by atoms with Crippen molar-refractivity contribution in [2.24, 2.45) is 0 Å². The van der Waals surface area contributed by atoms with Gasteiger partial charge in [-0.1, -0.05) is 0 Å². The second kappa shape index (κ2) is 5.03. The van der Waals surface area contributed by atoms with Crippen molar-refractivity contribution in [1.29, 1.82) is 0 Å². The van der Waals surface area contributed by atoms with Crippen LogP contribution in [0.4, 0.5) is 0 Å². The van der Waals surface area contributed by atoms with Gasteiger partial charge in [0.25, 0.3) is 0 Å². The van der Waals surface area contributed by atoms with Crippen LogP contribution in [0.15, 0.2) is 12.1 Å². The Labute approximate surface area is 90.6 Å². The minimum absolute atomic E-state index is 0.346. The van der Waals surface area contributed by atoms with E-state index in [0.29, 0.717) is 12.2 Å². The molecule has 0 aliphatic rings. The van der Waals surface area contributed by atoms with Gasteiger partial charge in [-0.15, -0.1) is 0 Å². The second-order valence-electron chi connectivity index (χ2n) is 3.69. The zero-order valence-electron chi connectivity index (χ0n) is 9.70. The molecular weight excluding hydrogens is 192 g/mol. The third-order valence-corrected chi connectivity index (χ3v) is 2.36. The highest BCUT2D eigenvalue weighted by molar-refractivity contribution is 5.47. The molecule has 0 radical (unpaired) electrons. The molecule has 0 aliphatic carbocycles. The van der Waals surface area contributed by atoms with Gasteiger partial charge in [0.1, 0.15) is 0 Å². The van der Waals surface area contributed by atoms with Crippen molar-refractivity contribution in [1.82, 2.24) is 0 Å². The van der Waals surface area contributed by atoms with Crippen molar-refractivity contribution < 1.29 is 14.6 Å². The zero-order chi connectivity index (χ0) is 11.4. The number of ether oxygens (including phenoxy) is 2. The standard InChI is InChI=1S/C12H18O3/c1-8-5-11(14-3)12(15-4)7-10(8)6-9(2)13/h5,7,9,13H,6H2,1-4H3. The molecule has 1 atom stereocenters. The maximum Gasteiger partial charge on any atom is 0.161 e. The molecule has 0 saturated heterocycles. The van der Waals surface area contributed by atoms with Crippen LogP contribution < -0.4 is 9.47 Å². The molecule has 0 spiro atoms. The highest BCUT2D eigenvalue weighted by Gasteiger charge is 2.09. The molecule has 1 aromatic carbocycles. The van der Waals surface area contributed by atoms with Crippen LogP contribution in [0.1, 0.15) is 18.1 Å². The van der Waals surface area contributed by atoms with Gasteiger partial charge < -0.3 is 14.6 Å². The quantitative estimate of drug-likeness (QED) is 0.825. The van der Waals surface area contributed by atoms with Crippen molar-refractivity contribution in [3.05, 3.63) is 23.3 Å². The number of methoxy groups -OCH3 is 2. The summed E-state index contributed by atoms with van der Waals surface area (Å²) in [5.41, 5.74) is 2.19. The van der Waals surface area contributed by atoms with E-state index in [9.17, 15) is 5.11 Å². The number of hydrogen-bond donors (Lipinski definition) is 1. The number of aliphatic hydroxyl groups is 1. The molecule has 0 heterocycles. The minimum Gasteiger partial charge on any atom is -0.493 e. The lowest BCUT2D eigenvalue weighted by molar-refractivity contribution is 0.195. The normalized spacial score (nSPS) is 12.3. The van der Waals surface area contributed by atoms with Gasteiger partial charge in [0.05, 0.1) is 20.3 Å². The van der Waals surface area contributed by atoms with E-state index in [0.717, 1.165) is 16.9 Å². The SMILES string of the molecule is COc1cc(C)c(CC(C)O)cc1OC. The largest absolute Gasteiger partial charge is 0.493 e. The summed E-state index contributed by atoms with van der Waals surface area (Å²) in [5.74, 6) is 1.43. The molecule has 0 amide bonds. The number of benzene rings is 1. The van der Waals surface area contributed by atoms with E-state index >= 15 is 0 Å². The molecule has 1 unspecified atom stereocenters. The number of aryl methyl sites for hydroxylation is 1. The van der Waals surface area contributed by atoms with Crippen molar-refractivity contribution in [2.75, 3.05) is 14.2 Å². The van der Waals surface area contributed by atoms with Crippen LogP contribution in [0, 0.1) is 6.92 Å². The molecule has 1 N–H and O–H groups in total. The predicted octanol–water partition coefficient (Wildman–Crippen LogP) is 1.94. The van der Waals surface area contributed by atoms with Gasteiger partial charge >= 0.3 is 0 Å². The monoisotopic (exact) mass is 210 g/mol. The lowest BCUT2D eigenvalue weighted by Crippen LogP contribution is -2.06. The number of aliphatic hydroxyl groups excluding tert-OH is 1. The van der Waals surface area contributed by atoms with Crippen LogP contribution in [-0.2, 0) is 6.42 Å². The first-order valence-electron chi connectivity index (χ1n) is 4.98. The van der Waals surface area contributed by atoms with E-state index in [1.54, 1.807) is 21.1 Å². The predicted molar refractivity (Wildman–Crippen MR) is 59.7 cm³/mol. The first-order valence-corrected chi connectivity index (χ1v) is 4.98. The van der Waals surface area contributed by atoms with E-state index in [2.05, 4.69) is 0 Å². The van der Waals surface area contributed by atoms with Crippen LogP contribution in [0.5, 0.6) is 11.5 Å². The van der Waals surface area contributed by atoms with Gasteiger partial charge in [-0.25, -0.2) is 0 Å². The molecule has 0 aromatic heterocycles. The first kappa shape index (κ1) is 11.9. The molecular formula is C12H18O3. The topological polar surface area (TPSA) is 38.7 Å². The van der Waals surface area contributed by atoms with E-state index in [-0.39, 0.29) is 6.10 Å². The summed E-state index contributed by atoms with van der Waals surface area (Å²) in [6.45, 7) is 3.77. The molecule has 1 aromatic rings. The van der Waals surface area contributed by atoms with Crippen LogP contribution in [0.25, 0.3) is 0 Å². The highest BCUT2D eigenvalue weighted by atomic mass is 16.5. The summed E-state index contributed by atoms with van der Waals surface area (Å²) in [4.78, 5) is 0. The fourth-order valence-electron chi connectivity index (χ4n) is 1.56. The van der Waals surface area contributed by atoms with Crippen LogP contribution in [-0.4, -0.2) is 25.4 Å². The molecule has 0 fully saturated rings. The highest BCUT2D eigenvalue weighted by Crippen LogP contribution is 2.30. The fraction of sp³-hybridized carbons (Fsp3) is 0.500. The van der Waals surface area contributed by atoms with Gasteiger partial charge in [0.15, 0.2) is 11.5 Å². The zero-order valence-corrected chi connectivity index (χ0v) is 9.70. The minimum atomic E-state index is -0.346. The Morgan fingerprint density at radius 3 is 2.20 bits per heavy atom. The van der Waals surface area contributed by atoms with Crippen molar-refractivity contribution >= 4 is 0 Å². The lowest BCUT2D eigenvalue weighted by atomic mass is 10.0. The van der Waals surface area contributed by atoms with E-state index in [1.165, 1.54) is 0 Å². The maximum absolute atomic E-state index is 9.35. The van der Waals surface area contributed by atoms with Crippen LogP contribution in [0.3, 0.4) is 0 Å². The summed E-state index contributed by atoms with van der Waals surface area (Å²) in [7, 11) is 3.23. The summed E-state index contributed by atoms with van der Waals surface area (Å²) >= 11 is 0. The third-order valence-electron chi connectivity index (χ3n) is 2.36. The van der Waals surface area contributed by atoms with E-state index < -0.39 is 0 Å². The summed E-state index contributed by atoms with van der Waals surface area (Å²) in [6, 6.07) is 3.84. The lowest BCUT2D eigenvalue weighted by Gasteiger charge is -2.13. The molecule has 0 saturated carbocycles. The fourth-order valence-corrected chi connectivity index (χ4v) is 1.56. The van der Waals surface area contributed by atoms with Gasteiger partial charge in [-0.05, 0) is 43.5 Å². The molecule has 3 heteroatoms. The molecule has 3 nitrogen and oxygen atoms in total. The number of rotatable bonds is 4. The number of hydrogen-bond acceptors (Lipinski definition) is 3. The summed E-state index contributed by atoms with van der Waals surface area (Å²) in [5, 5.41) is 9.35. The summed E-state index contributed by atoms with van der Waals surface area (Å²) < 4.78 is 10.4. The first-order chi connectivity index (χ1) is 7.08. The Kier molecular flexibility index (Phi) is 3.97. The average Bonchev–Trinajstić information content (AvgIpc) is 2.19. The molecule has 1 rings (SSSR count).